The summed E-state index contributed by atoms with van der Waals surface area (Å²) in [5.41, 5.74) is 4.66. The van der Waals surface area contributed by atoms with E-state index in [1.807, 2.05) is 36.0 Å². The highest BCUT2D eigenvalue weighted by Gasteiger charge is 2.17. The van der Waals surface area contributed by atoms with Crippen molar-refractivity contribution in [3.05, 3.63) is 85.0 Å². The molecule has 1 N–H and O–H groups in total. The van der Waals surface area contributed by atoms with Crippen molar-refractivity contribution >= 4 is 21.4 Å². The van der Waals surface area contributed by atoms with Gasteiger partial charge in [0.15, 0.2) is 0 Å². The van der Waals surface area contributed by atoms with Gasteiger partial charge in [-0.05, 0) is 67.7 Å². The first-order valence-corrected chi connectivity index (χ1v) is 13.5. The molecule has 5 aromatic rings. The lowest BCUT2D eigenvalue weighted by Crippen LogP contribution is -2.26. The van der Waals surface area contributed by atoms with Crippen LogP contribution in [0.4, 0.5) is 14.5 Å². The normalized spacial score (nSPS) is 11.9. The van der Waals surface area contributed by atoms with E-state index in [9.17, 15) is 17.2 Å². The first-order chi connectivity index (χ1) is 18.1. The molecule has 0 bridgehead atoms. The van der Waals surface area contributed by atoms with Gasteiger partial charge in [0.25, 0.3) is 0 Å². The molecule has 3 heterocycles. The Morgan fingerprint density at radius 2 is 1.74 bits per heavy atom. The van der Waals surface area contributed by atoms with E-state index in [0.717, 1.165) is 17.2 Å². The number of halogens is 2. The largest absolute Gasteiger partial charge is 0.308 e. The van der Waals surface area contributed by atoms with Gasteiger partial charge in [-0.15, -0.1) is 0 Å². The predicted octanol–water partition coefficient (Wildman–Crippen LogP) is 4.65. The zero-order chi connectivity index (χ0) is 27.0. The Morgan fingerprint density at radius 3 is 2.45 bits per heavy atom. The Hall–Kier alpha value is -4.09. The van der Waals surface area contributed by atoms with Crippen LogP contribution in [0.1, 0.15) is 0 Å². The zero-order valence-corrected chi connectivity index (χ0v) is 21.9. The number of rotatable bonds is 8. The molecule has 196 valence electrons. The van der Waals surface area contributed by atoms with Crippen LogP contribution in [-0.4, -0.2) is 58.9 Å². The fraction of sp³-hybridized carbons (Fsp3) is 0.185. The van der Waals surface area contributed by atoms with Crippen LogP contribution in [0, 0.1) is 11.6 Å². The summed E-state index contributed by atoms with van der Waals surface area (Å²) in [7, 11) is 1.74. The first-order valence-electron chi connectivity index (χ1n) is 11.8. The van der Waals surface area contributed by atoms with Crippen LogP contribution in [0.2, 0.25) is 0 Å². The number of nitrogens with zero attached hydrogens (tertiary/aromatic N) is 5. The van der Waals surface area contributed by atoms with Crippen LogP contribution in [0.25, 0.3) is 39.2 Å². The highest BCUT2D eigenvalue weighted by molar-refractivity contribution is 7.92. The van der Waals surface area contributed by atoms with Gasteiger partial charge in [0.1, 0.15) is 17.3 Å². The number of hydrogen-bond acceptors (Lipinski definition) is 5. The molecule has 0 radical (unpaired) electrons. The van der Waals surface area contributed by atoms with E-state index in [1.165, 1.54) is 18.2 Å². The molecule has 0 amide bonds. The fourth-order valence-electron chi connectivity index (χ4n) is 4.19. The molecule has 11 heteroatoms. The molecule has 5 rings (SSSR count). The molecule has 8 nitrogen and oxygen atoms in total. The Balaban J connectivity index is 1.60. The number of benzene rings is 2. The van der Waals surface area contributed by atoms with Crippen molar-refractivity contribution in [1.29, 1.82) is 0 Å². The first kappa shape index (κ1) is 25.6. The molecular weight excluding hydrogens is 510 g/mol. The van der Waals surface area contributed by atoms with Crippen molar-refractivity contribution in [2.75, 3.05) is 31.1 Å². The molecule has 0 fully saturated rings. The van der Waals surface area contributed by atoms with Crippen molar-refractivity contribution in [3.63, 3.8) is 0 Å². The number of hydrogen-bond donors (Lipinski definition) is 1. The molecule has 0 aliphatic carbocycles. The third kappa shape index (κ3) is 5.43. The summed E-state index contributed by atoms with van der Waals surface area (Å²) in [6, 6.07) is 12.1. The molecule has 0 spiro atoms. The van der Waals surface area contributed by atoms with Crippen molar-refractivity contribution < 1.29 is 17.2 Å². The lowest BCUT2D eigenvalue weighted by atomic mass is 10.00. The van der Waals surface area contributed by atoms with E-state index in [0.29, 0.717) is 29.0 Å². The summed E-state index contributed by atoms with van der Waals surface area (Å²) >= 11 is 0. The van der Waals surface area contributed by atoms with Crippen LogP contribution in [0.15, 0.2) is 73.3 Å². The summed E-state index contributed by atoms with van der Waals surface area (Å²) in [6.45, 7) is 0.334. The summed E-state index contributed by atoms with van der Waals surface area (Å²) in [5.74, 6) is -1.56. The summed E-state index contributed by atoms with van der Waals surface area (Å²) in [4.78, 5) is 6.31. The van der Waals surface area contributed by atoms with Crippen molar-refractivity contribution in [1.82, 2.24) is 24.1 Å². The quantitative estimate of drug-likeness (QED) is 0.312. The minimum Gasteiger partial charge on any atom is -0.308 e. The monoisotopic (exact) mass is 536 g/mol. The number of fused-ring (bicyclic) bond motifs is 1. The number of imidazole rings is 1. The average Bonchev–Trinajstić information content (AvgIpc) is 3.48. The third-order valence-corrected chi connectivity index (χ3v) is 7.37. The number of aromatic nitrogens is 4. The average molecular weight is 537 g/mol. The van der Waals surface area contributed by atoms with E-state index < -0.39 is 21.7 Å². The Labute approximate surface area is 219 Å². The topological polar surface area (TPSA) is 84.5 Å². The smallest absolute Gasteiger partial charge is 0.233 e. The summed E-state index contributed by atoms with van der Waals surface area (Å²) in [5, 5.41) is 4.22. The molecule has 0 saturated heterocycles. The van der Waals surface area contributed by atoms with Gasteiger partial charge in [-0.1, -0.05) is 0 Å². The minimum absolute atomic E-state index is 0.114. The molecule has 0 atom stereocenters. The van der Waals surface area contributed by atoms with Gasteiger partial charge in [-0.25, -0.2) is 22.2 Å². The van der Waals surface area contributed by atoms with Crippen LogP contribution in [-0.2, 0) is 17.1 Å². The Morgan fingerprint density at radius 1 is 0.947 bits per heavy atom. The van der Waals surface area contributed by atoms with Crippen LogP contribution >= 0.6 is 0 Å². The number of sulfonamides is 1. The van der Waals surface area contributed by atoms with E-state index in [-0.39, 0.29) is 17.0 Å². The van der Waals surface area contributed by atoms with Crippen LogP contribution in [0.3, 0.4) is 0 Å². The number of nitrogens with one attached hydrogen (secondary N) is 1. The summed E-state index contributed by atoms with van der Waals surface area (Å²) < 4.78 is 60.1. The van der Waals surface area contributed by atoms with Gasteiger partial charge in [0.2, 0.25) is 10.0 Å². The fourth-order valence-corrected chi connectivity index (χ4v) is 5.38. The summed E-state index contributed by atoms with van der Waals surface area (Å²) in [6.07, 6.45) is 7.22. The highest BCUT2D eigenvalue weighted by Crippen LogP contribution is 2.33. The van der Waals surface area contributed by atoms with Crippen molar-refractivity contribution in [2.45, 2.75) is 0 Å². The number of anilines is 1. The number of pyridine rings is 1. The van der Waals surface area contributed by atoms with Gasteiger partial charge in [-0.3, -0.25) is 13.8 Å². The lowest BCUT2D eigenvalue weighted by Gasteiger charge is -2.15. The second kappa shape index (κ2) is 9.99. The molecule has 0 unspecified atom stereocenters. The van der Waals surface area contributed by atoms with Gasteiger partial charge >= 0.3 is 0 Å². The molecular formula is C27H26F2N6O2S. The third-order valence-electron chi connectivity index (χ3n) is 6.10. The molecule has 0 saturated carbocycles. The number of aryl methyl sites for hydroxylation is 1. The van der Waals surface area contributed by atoms with Crippen LogP contribution in [0.5, 0.6) is 0 Å². The Bertz CT molecular complexity index is 1740. The molecule has 0 aliphatic rings. The van der Waals surface area contributed by atoms with E-state index in [4.69, 9.17) is 0 Å². The molecule has 0 aliphatic heterocycles. The van der Waals surface area contributed by atoms with Gasteiger partial charge < -0.3 is 4.90 Å². The van der Waals surface area contributed by atoms with Crippen LogP contribution < -0.4 is 4.72 Å². The maximum atomic E-state index is 14.7. The zero-order valence-electron chi connectivity index (χ0n) is 21.1. The van der Waals surface area contributed by atoms with E-state index >= 15 is 0 Å². The standard InChI is InChI=1S/C27H26F2N6O2S/c1-33(2)8-9-38(36,37)32-23-11-19(24-5-4-22(28)14-25(24)29)10-20(12-23)26-16-30-27-13-18(6-7-35(26)27)21-15-31-34(3)17-21/h4-7,10-17,32H,8-9H2,1-3H3. The highest BCUT2D eigenvalue weighted by atomic mass is 32.2. The molecule has 2 aromatic carbocycles. The van der Waals surface area contributed by atoms with Crippen molar-refractivity contribution in [2.24, 2.45) is 7.05 Å². The molecule has 38 heavy (non-hydrogen) atoms. The van der Waals surface area contributed by atoms with Crippen molar-refractivity contribution in [3.8, 4) is 33.5 Å². The molecule has 3 aromatic heterocycles. The van der Waals surface area contributed by atoms with Gasteiger partial charge in [0, 0.05) is 54.4 Å². The van der Waals surface area contributed by atoms with E-state index in [2.05, 4.69) is 14.8 Å². The lowest BCUT2D eigenvalue weighted by molar-refractivity contribution is 0.432. The second-order valence-corrected chi connectivity index (χ2v) is 11.2. The van der Waals surface area contributed by atoms with Gasteiger partial charge in [0.05, 0.1) is 23.8 Å². The van der Waals surface area contributed by atoms with Gasteiger partial charge in [-0.2, -0.15) is 5.10 Å². The minimum atomic E-state index is -3.68. The maximum Gasteiger partial charge on any atom is 0.233 e. The predicted molar refractivity (Wildman–Crippen MR) is 144 cm³/mol. The van der Waals surface area contributed by atoms with E-state index in [1.54, 1.807) is 48.2 Å². The maximum absolute atomic E-state index is 14.7. The second-order valence-electron chi connectivity index (χ2n) is 9.34. The SMILES string of the molecule is CN(C)CCS(=O)(=O)Nc1cc(-c2ccc(F)cc2F)cc(-c2cnc3cc(-c4cnn(C)c4)ccn23)c1. The Kier molecular flexibility index (Phi) is 6.72.